The van der Waals surface area contributed by atoms with Crippen LogP contribution in [0.15, 0.2) is 24.3 Å². The van der Waals surface area contributed by atoms with Gasteiger partial charge < -0.3 is 10.1 Å². The van der Waals surface area contributed by atoms with Crippen LogP contribution in [0.5, 0.6) is 5.75 Å². The van der Waals surface area contributed by atoms with E-state index in [9.17, 15) is 4.79 Å². The molecule has 1 aliphatic rings. The maximum atomic E-state index is 12.5. The first-order valence-electron chi connectivity index (χ1n) is 7.80. The van der Waals surface area contributed by atoms with Crippen LogP contribution in [0.1, 0.15) is 55.8 Å². The molecule has 0 radical (unpaired) electrons. The molecule has 1 N–H and O–H groups in total. The van der Waals surface area contributed by atoms with Gasteiger partial charge in [0.2, 0.25) is 0 Å². The van der Waals surface area contributed by atoms with E-state index in [0.29, 0.717) is 12.2 Å². The number of rotatable bonds is 6. The molecule has 2 rings (SSSR count). The highest BCUT2D eigenvalue weighted by Gasteiger charge is 2.32. The molecule has 0 atom stereocenters. The first-order valence-corrected chi connectivity index (χ1v) is 8.92. The molecule has 21 heavy (non-hydrogen) atoms. The van der Waals surface area contributed by atoms with E-state index in [0.717, 1.165) is 30.3 Å². The van der Waals surface area contributed by atoms with Gasteiger partial charge in [-0.05, 0) is 37.5 Å². The number of benzene rings is 1. The number of hydrogen-bond donors (Lipinski definition) is 1. The number of ether oxygens (including phenoxy) is 1. The summed E-state index contributed by atoms with van der Waals surface area (Å²) < 4.78 is 5.60. The molecule has 1 aromatic carbocycles. The van der Waals surface area contributed by atoms with E-state index in [4.69, 9.17) is 4.74 Å². The average molecular weight is 354 g/mol. The van der Waals surface area contributed by atoms with Crippen LogP contribution in [0, 0.1) is 0 Å². The van der Waals surface area contributed by atoms with Crippen molar-refractivity contribution in [2.45, 2.75) is 51.0 Å². The number of carbonyl (C=O) groups is 1. The Morgan fingerprint density at radius 2 is 2.10 bits per heavy atom. The SMILES string of the molecule is CCCOc1cccc(C(=O)NC2(CBr)CCCCC2)c1. The molecule has 0 aliphatic heterocycles. The highest BCUT2D eigenvalue weighted by Crippen LogP contribution is 2.30. The van der Waals surface area contributed by atoms with Crippen molar-refractivity contribution in [1.29, 1.82) is 0 Å². The van der Waals surface area contributed by atoms with Crippen molar-refractivity contribution < 1.29 is 9.53 Å². The summed E-state index contributed by atoms with van der Waals surface area (Å²) in [6.45, 7) is 2.75. The number of nitrogens with one attached hydrogen (secondary N) is 1. The smallest absolute Gasteiger partial charge is 0.251 e. The summed E-state index contributed by atoms with van der Waals surface area (Å²) in [5.74, 6) is 0.763. The van der Waals surface area contributed by atoms with E-state index < -0.39 is 0 Å². The molecule has 116 valence electrons. The zero-order chi connectivity index (χ0) is 15.1. The van der Waals surface area contributed by atoms with Gasteiger partial charge in [0.1, 0.15) is 5.75 Å². The molecule has 0 saturated heterocycles. The predicted octanol–water partition coefficient (Wildman–Crippen LogP) is 4.30. The lowest BCUT2D eigenvalue weighted by atomic mass is 9.83. The van der Waals surface area contributed by atoms with Gasteiger partial charge in [-0.15, -0.1) is 0 Å². The lowest BCUT2D eigenvalue weighted by Crippen LogP contribution is -2.51. The molecule has 0 unspecified atom stereocenters. The monoisotopic (exact) mass is 353 g/mol. The van der Waals surface area contributed by atoms with E-state index in [2.05, 4.69) is 28.2 Å². The van der Waals surface area contributed by atoms with Gasteiger partial charge in [0.15, 0.2) is 0 Å². The maximum absolute atomic E-state index is 12.5. The second kappa shape index (κ2) is 7.83. The van der Waals surface area contributed by atoms with Crippen LogP contribution in [0.3, 0.4) is 0 Å². The zero-order valence-electron chi connectivity index (χ0n) is 12.7. The van der Waals surface area contributed by atoms with Crippen LogP contribution >= 0.6 is 15.9 Å². The normalized spacial score (nSPS) is 17.2. The molecule has 0 spiro atoms. The molecule has 1 aromatic rings. The lowest BCUT2D eigenvalue weighted by Gasteiger charge is -2.36. The molecule has 0 bridgehead atoms. The van der Waals surface area contributed by atoms with Crippen molar-refractivity contribution in [2.24, 2.45) is 0 Å². The van der Waals surface area contributed by atoms with Gasteiger partial charge in [0.05, 0.1) is 12.1 Å². The fourth-order valence-electron chi connectivity index (χ4n) is 2.78. The number of hydrogen-bond acceptors (Lipinski definition) is 2. The van der Waals surface area contributed by atoms with E-state index >= 15 is 0 Å². The van der Waals surface area contributed by atoms with Crippen molar-refractivity contribution in [1.82, 2.24) is 5.32 Å². The van der Waals surface area contributed by atoms with E-state index in [1.54, 1.807) is 0 Å². The third-order valence-corrected chi connectivity index (χ3v) is 5.09. The van der Waals surface area contributed by atoms with Crippen molar-refractivity contribution >= 4 is 21.8 Å². The molecule has 1 amide bonds. The Balaban J connectivity index is 2.05. The number of alkyl halides is 1. The van der Waals surface area contributed by atoms with Crippen LogP contribution in [0.25, 0.3) is 0 Å². The minimum absolute atomic E-state index is 0.00158. The number of amides is 1. The van der Waals surface area contributed by atoms with Crippen LogP contribution < -0.4 is 10.1 Å². The molecule has 3 nitrogen and oxygen atoms in total. The molecular weight excluding hydrogens is 330 g/mol. The summed E-state index contributed by atoms with van der Waals surface area (Å²) in [6, 6.07) is 7.45. The fraction of sp³-hybridized carbons (Fsp3) is 0.588. The Kier molecular flexibility index (Phi) is 6.09. The Labute approximate surface area is 135 Å². The molecule has 0 aromatic heterocycles. The van der Waals surface area contributed by atoms with Gasteiger partial charge in [0.25, 0.3) is 5.91 Å². The minimum atomic E-state index is -0.0877. The molecule has 4 heteroatoms. The van der Waals surface area contributed by atoms with Crippen molar-refractivity contribution in [3.63, 3.8) is 0 Å². The Morgan fingerprint density at radius 3 is 2.76 bits per heavy atom. The van der Waals surface area contributed by atoms with E-state index in [1.807, 2.05) is 24.3 Å². The van der Waals surface area contributed by atoms with Crippen LogP contribution in [0.4, 0.5) is 0 Å². The molecule has 1 saturated carbocycles. The molecule has 0 heterocycles. The van der Waals surface area contributed by atoms with Crippen molar-refractivity contribution in [3.8, 4) is 5.75 Å². The summed E-state index contributed by atoms with van der Waals surface area (Å²) in [5.41, 5.74) is 0.588. The maximum Gasteiger partial charge on any atom is 0.251 e. The molecular formula is C17H24BrNO2. The van der Waals surface area contributed by atoms with Crippen molar-refractivity contribution in [2.75, 3.05) is 11.9 Å². The summed E-state index contributed by atoms with van der Waals surface area (Å²) in [6.07, 6.45) is 6.71. The summed E-state index contributed by atoms with van der Waals surface area (Å²) in [4.78, 5) is 12.5. The summed E-state index contributed by atoms with van der Waals surface area (Å²) in [7, 11) is 0. The lowest BCUT2D eigenvalue weighted by molar-refractivity contribution is 0.0886. The largest absolute Gasteiger partial charge is 0.494 e. The number of halogens is 1. The van der Waals surface area contributed by atoms with Crippen molar-refractivity contribution in [3.05, 3.63) is 29.8 Å². The Morgan fingerprint density at radius 1 is 1.33 bits per heavy atom. The third-order valence-electron chi connectivity index (χ3n) is 4.01. The molecule has 1 fully saturated rings. The average Bonchev–Trinajstić information content (AvgIpc) is 2.54. The molecule has 1 aliphatic carbocycles. The summed E-state index contributed by atoms with van der Waals surface area (Å²) in [5, 5.41) is 4.06. The highest BCUT2D eigenvalue weighted by molar-refractivity contribution is 9.09. The highest BCUT2D eigenvalue weighted by atomic mass is 79.9. The van der Waals surface area contributed by atoms with Gasteiger partial charge in [-0.3, -0.25) is 4.79 Å². The topological polar surface area (TPSA) is 38.3 Å². The minimum Gasteiger partial charge on any atom is -0.494 e. The summed E-state index contributed by atoms with van der Waals surface area (Å²) >= 11 is 3.58. The van der Waals surface area contributed by atoms with E-state index in [-0.39, 0.29) is 11.4 Å². The Hall–Kier alpha value is -1.03. The van der Waals surface area contributed by atoms with Gasteiger partial charge >= 0.3 is 0 Å². The van der Waals surface area contributed by atoms with Gasteiger partial charge in [0, 0.05) is 10.9 Å². The second-order valence-electron chi connectivity index (χ2n) is 5.81. The first-order chi connectivity index (χ1) is 10.2. The third kappa shape index (κ3) is 4.47. The quantitative estimate of drug-likeness (QED) is 0.774. The van der Waals surface area contributed by atoms with Crippen LogP contribution in [0.2, 0.25) is 0 Å². The first kappa shape index (κ1) is 16.3. The van der Waals surface area contributed by atoms with E-state index in [1.165, 1.54) is 19.3 Å². The fourth-order valence-corrected chi connectivity index (χ4v) is 3.48. The standard InChI is InChI=1S/C17H24BrNO2/c1-2-11-21-15-8-6-7-14(12-15)16(20)19-17(13-18)9-4-3-5-10-17/h6-8,12H,2-5,9-11,13H2,1H3,(H,19,20). The van der Waals surface area contributed by atoms with Crippen LogP contribution in [-0.2, 0) is 0 Å². The van der Waals surface area contributed by atoms with Crippen LogP contribution in [-0.4, -0.2) is 23.4 Å². The number of carbonyl (C=O) groups excluding carboxylic acids is 1. The van der Waals surface area contributed by atoms with Gasteiger partial charge in [-0.2, -0.15) is 0 Å². The zero-order valence-corrected chi connectivity index (χ0v) is 14.2. The Bertz CT molecular complexity index is 470. The van der Waals surface area contributed by atoms with Gasteiger partial charge in [-0.1, -0.05) is 48.2 Å². The van der Waals surface area contributed by atoms with Gasteiger partial charge in [-0.25, -0.2) is 0 Å². The second-order valence-corrected chi connectivity index (χ2v) is 6.37. The predicted molar refractivity (Wildman–Crippen MR) is 89.3 cm³/mol.